The van der Waals surface area contributed by atoms with Gasteiger partial charge < -0.3 is 4.74 Å². The lowest BCUT2D eigenvalue weighted by Crippen LogP contribution is -2.04. The molecule has 0 atom stereocenters. The number of rotatable bonds is 6. The number of hydrogen-bond donors (Lipinski definition) is 1. The van der Waals surface area contributed by atoms with Crippen molar-refractivity contribution in [1.29, 1.82) is 0 Å². The molecule has 114 valence electrons. The highest BCUT2D eigenvalue weighted by Gasteiger charge is 2.10. The number of nitro benzene ring substituents is 1. The van der Waals surface area contributed by atoms with Crippen LogP contribution in [0.5, 0.6) is 0 Å². The number of nitrogens with one attached hydrogen (secondary N) is 1. The Morgan fingerprint density at radius 3 is 2.86 bits per heavy atom. The molecule has 0 aliphatic rings. The number of non-ortho nitro benzene ring substituents is 1. The summed E-state index contributed by atoms with van der Waals surface area (Å²) in [5, 5.41) is 16.5. The van der Waals surface area contributed by atoms with Crippen LogP contribution >= 0.6 is 11.3 Å². The SMILES string of the molecule is CCOC(=O)c1csc(NN=Cc2ccc([N+](=O)[O-])cc2)n1. The lowest BCUT2D eigenvalue weighted by Gasteiger charge is -1.96. The van der Waals surface area contributed by atoms with Crippen LogP contribution in [0, 0.1) is 10.1 Å². The summed E-state index contributed by atoms with van der Waals surface area (Å²) in [6.07, 6.45) is 1.50. The van der Waals surface area contributed by atoms with Crippen molar-refractivity contribution in [2.45, 2.75) is 6.92 Å². The molecule has 0 bridgehead atoms. The molecule has 1 heterocycles. The van der Waals surface area contributed by atoms with E-state index in [9.17, 15) is 14.9 Å². The summed E-state index contributed by atoms with van der Waals surface area (Å²) in [5.41, 5.74) is 3.62. The van der Waals surface area contributed by atoms with Gasteiger partial charge in [0, 0.05) is 17.5 Å². The Kier molecular flexibility index (Phi) is 5.15. The van der Waals surface area contributed by atoms with Crippen molar-refractivity contribution in [3.63, 3.8) is 0 Å². The predicted octanol–water partition coefficient (Wildman–Crippen LogP) is 2.67. The number of nitrogens with zero attached hydrogens (tertiary/aromatic N) is 3. The van der Waals surface area contributed by atoms with Gasteiger partial charge in [0.1, 0.15) is 0 Å². The second-order valence-corrected chi connectivity index (χ2v) is 4.84. The maximum absolute atomic E-state index is 11.4. The number of anilines is 1. The lowest BCUT2D eigenvalue weighted by molar-refractivity contribution is -0.384. The molecule has 0 aliphatic carbocycles. The van der Waals surface area contributed by atoms with E-state index in [4.69, 9.17) is 4.74 Å². The smallest absolute Gasteiger partial charge is 0.357 e. The van der Waals surface area contributed by atoms with Crippen molar-refractivity contribution in [3.8, 4) is 0 Å². The minimum Gasteiger partial charge on any atom is -0.461 e. The van der Waals surface area contributed by atoms with Crippen LogP contribution < -0.4 is 5.43 Å². The van der Waals surface area contributed by atoms with Gasteiger partial charge in [0.25, 0.3) is 5.69 Å². The topological polar surface area (TPSA) is 107 Å². The van der Waals surface area contributed by atoms with E-state index in [0.29, 0.717) is 10.7 Å². The molecular formula is C13H12N4O4S. The highest BCUT2D eigenvalue weighted by molar-refractivity contribution is 7.13. The van der Waals surface area contributed by atoms with Gasteiger partial charge in [-0.2, -0.15) is 5.10 Å². The minimum atomic E-state index is -0.480. The Hall–Kier alpha value is -2.81. The summed E-state index contributed by atoms with van der Waals surface area (Å²) in [4.78, 5) is 25.5. The highest BCUT2D eigenvalue weighted by Crippen LogP contribution is 2.16. The van der Waals surface area contributed by atoms with Crippen LogP contribution in [0.1, 0.15) is 23.0 Å². The normalized spacial score (nSPS) is 10.6. The molecule has 0 aliphatic heterocycles. The van der Waals surface area contributed by atoms with Crippen LogP contribution in [0.25, 0.3) is 0 Å². The standard InChI is InChI=1S/C13H12N4O4S/c1-2-21-12(18)11-8-22-13(15-11)16-14-7-9-3-5-10(6-4-9)17(19)20/h3-8H,2H2,1H3,(H,15,16). The molecule has 0 radical (unpaired) electrons. The molecule has 0 spiro atoms. The van der Waals surface area contributed by atoms with Gasteiger partial charge in [0.05, 0.1) is 17.7 Å². The summed E-state index contributed by atoms with van der Waals surface area (Å²) >= 11 is 1.22. The molecule has 1 aromatic heterocycles. The van der Waals surface area contributed by atoms with Crippen molar-refractivity contribution >= 4 is 34.3 Å². The molecule has 1 N–H and O–H groups in total. The molecule has 2 aromatic rings. The third kappa shape index (κ3) is 4.09. The predicted molar refractivity (Wildman–Crippen MR) is 82.4 cm³/mol. The van der Waals surface area contributed by atoms with Crippen LogP contribution in [0.15, 0.2) is 34.7 Å². The number of hydrazone groups is 1. The third-order valence-electron chi connectivity index (χ3n) is 2.47. The molecule has 0 fully saturated rings. The molecule has 0 unspecified atom stereocenters. The lowest BCUT2D eigenvalue weighted by atomic mass is 10.2. The number of carbonyl (C=O) groups excluding carboxylic acids is 1. The fourth-order valence-electron chi connectivity index (χ4n) is 1.47. The first-order valence-corrected chi connectivity index (χ1v) is 7.14. The number of esters is 1. The van der Waals surface area contributed by atoms with Crippen LogP contribution in [0.4, 0.5) is 10.8 Å². The first kappa shape index (κ1) is 15.6. The van der Waals surface area contributed by atoms with Crippen molar-refractivity contribution in [2.75, 3.05) is 12.0 Å². The van der Waals surface area contributed by atoms with E-state index in [1.54, 1.807) is 24.4 Å². The van der Waals surface area contributed by atoms with E-state index in [-0.39, 0.29) is 18.0 Å². The summed E-state index contributed by atoms with van der Waals surface area (Å²) in [7, 11) is 0. The fraction of sp³-hybridized carbons (Fsp3) is 0.154. The zero-order valence-corrected chi connectivity index (χ0v) is 12.4. The van der Waals surface area contributed by atoms with Crippen LogP contribution in [0.3, 0.4) is 0 Å². The van der Waals surface area contributed by atoms with Crippen LogP contribution in [-0.2, 0) is 4.74 Å². The number of ether oxygens (including phenoxy) is 1. The Labute approximate surface area is 129 Å². The number of hydrogen-bond acceptors (Lipinski definition) is 8. The van der Waals surface area contributed by atoms with Gasteiger partial charge >= 0.3 is 5.97 Å². The molecule has 0 saturated carbocycles. The van der Waals surface area contributed by atoms with Gasteiger partial charge in [-0.25, -0.2) is 9.78 Å². The molecule has 1 aromatic carbocycles. The van der Waals surface area contributed by atoms with Gasteiger partial charge in [0.15, 0.2) is 5.69 Å². The molecule has 8 nitrogen and oxygen atoms in total. The Morgan fingerprint density at radius 2 is 2.23 bits per heavy atom. The number of nitro groups is 1. The Morgan fingerprint density at radius 1 is 1.50 bits per heavy atom. The van der Waals surface area contributed by atoms with E-state index in [0.717, 1.165) is 0 Å². The van der Waals surface area contributed by atoms with Crippen molar-refractivity contribution < 1.29 is 14.5 Å². The second kappa shape index (κ2) is 7.27. The van der Waals surface area contributed by atoms with Gasteiger partial charge in [-0.1, -0.05) is 0 Å². The average Bonchev–Trinajstić information content (AvgIpc) is 2.97. The maximum atomic E-state index is 11.4. The number of carbonyl (C=O) groups is 1. The number of benzene rings is 1. The molecule has 0 amide bonds. The molecule has 9 heteroatoms. The van der Waals surface area contributed by atoms with Gasteiger partial charge in [-0.15, -0.1) is 11.3 Å². The van der Waals surface area contributed by atoms with E-state index in [1.165, 1.54) is 29.7 Å². The van der Waals surface area contributed by atoms with Crippen molar-refractivity contribution in [1.82, 2.24) is 4.98 Å². The van der Waals surface area contributed by atoms with Gasteiger partial charge in [-0.05, 0) is 24.6 Å². The zero-order chi connectivity index (χ0) is 15.9. The summed E-state index contributed by atoms with van der Waals surface area (Å²) in [6.45, 7) is 2.01. The third-order valence-corrected chi connectivity index (χ3v) is 3.21. The van der Waals surface area contributed by atoms with Gasteiger partial charge in [-0.3, -0.25) is 15.5 Å². The van der Waals surface area contributed by atoms with E-state index in [1.807, 2.05) is 0 Å². The molecular weight excluding hydrogens is 308 g/mol. The first-order valence-electron chi connectivity index (χ1n) is 6.26. The van der Waals surface area contributed by atoms with E-state index < -0.39 is 10.9 Å². The summed E-state index contributed by atoms with van der Waals surface area (Å²) in [5.74, 6) is -0.480. The second-order valence-electron chi connectivity index (χ2n) is 3.98. The minimum absolute atomic E-state index is 0.0177. The monoisotopic (exact) mass is 320 g/mol. The highest BCUT2D eigenvalue weighted by atomic mass is 32.1. The van der Waals surface area contributed by atoms with Crippen molar-refractivity contribution in [2.24, 2.45) is 5.10 Å². The summed E-state index contributed by atoms with van der Waals surface area (Å²) in [6, 6.07) is 5.94. The number of thiazole rings is 1. The van der Waals surface area contributed by atoms with Crippen LogP contribution in [0.2, 0.25) is 0 Å². The van der Waals surface area contributed by atoms with Crippen molar-refractivity contribution in [3.05, 3.63) is 51.0 Å². The van der Waals surface area contributed by atoms with Crippen LogP contribution in [-0.4, -0.2) is 28.7 Å². The fourth-order valence-corrected chi connectivity index (χ4v) is 2.10. The van der Waals surface area contributed by atoms with Gasteiger partial charge in [0.2, 0.25) is 5.13 Å². The first-order chi connectivity index (χ1) is 10.6. The molecule has 0 saturated heterocycles. The maximum Gasteiger partial charge on any atom is 0.357 e. The molecule has 22 heavy (non-hydrogen) atoms. The Bertz CT molecular complexity index is 696. The largest absolute Gasteiger partial charge is 0.461 e. The summed E-state index contributed by atoms with van der Waals surface area (Å²) < 4.78 is 4.83. The number of aromatic nitrogens is 1. The molecule has 2 rings (SSSR count). The average molecular weight is 320 g/mol. The quantitative estimate of drug-likeness (QED) is 0.379. The van der Waals surface area contributed by atoms with E-state index in [2.05, 4.69) is 15.5 Å². The zero-order valence-electron chi connectivity index (χ0n) is 11.6. The Balaban J connectivity index is 1.94. The van der Waals surface area contributed by atoms with E-state index >= 15 is 0 Å².